The number of aryl methyl sites for hydroxylation is 1. The quantitative estimate of drug-likeness (QED) is 0.811. The van der Waals surface area contributed by atoms with Gasteiger partial charge < -0.3 is 9.47 Å². The summed E-state index contributed by atoms with van der Waals surface area (Å²) in [6.07, 6.45) is 0.769. The average Bonchev–Trinajstić information content (AvgIpc) is 2.73. The molecule has 100 valence electrons. The Morgan fingerprint density at radius 2 is 2.05 bits per heavy atom. The number of methoxy groups -OCH3 is 2. The second kappa shape index (κ2) is 5.44. The number of carbonyl (C=O) groups excluding carboxylic acids is 1. The third kappa shape index (κ3) is 2.23. The lowest BCUT2D eigenvalue weighted by atomic mass is 10.1. The summed E-state index contributed by atoms with van der Waals surface area (Å²) in [5, 5.41) is 4.34. The molecule has 6 heteroatoms. The summed E-state index contributed by atoms with van der Waals surface area (Å²) < 4.78 is 12.8. The zero-order chi connectivity index (χ0) is 14.0. The van der Waals surface area contributed by atoms with E-state index in [0.29, 0.717) is 32.9 Å². The summed E-state index contributed by atoms with van der Waals surface area (Å²) in [5.74, 6) is 1.15. The Kier molecular flexibility index (Phi) is 3.90. The van der Waals surface area contributed by atoms with E-state index in [9.17, 15) is 4.79 Å². The van der Waals surface area contributed by atoms with Crippen LogP contribution in [0.25, 0.3) is 11.3 Å². The van der Waals surface area contributed by atoms with Crippen molar-refractivity contribution in [3.63, 3.8) is 0 Å². The summed E-state index contributed by atoms with van der Waals surface area (Å²) in [6.45, 7) is 0. The SMILES string of the molecule is COc1cccc(-c2nn(C)c(Br)c2C=O)c1OC. The molecule has 0 saturated carbocycles. The molecule has 0 bridgehead atoms. The number of rotatable bonds is 4. The number of ether oxygens (including phenoxy) is 2. The number of hydrogen-bond donors (Lipinski definition) is 0. The lowest BCUT2D eigenvalue weighted by Crippen LogP contribution is -1.95. The van der Waals surface area contributed by atoms with Crippen LogP contribution in [0.15, 0.2) is 22.8 Å². The topological polar surface area (TPSA) is 53.4 Å². The van der Waals surface area contributed by atoms with Crippen LogP contribution in [0.3, 0.4) is 0 Å². The second-order valence-electron chi connectivity index (χ2n) is 3.84. The van der Waals surface area contributed by atoms with Crippen molar-refractivity contribution in [1.29, 1.82) is 0 Å². The van der Waals surface area contributed by atoms with Crippen molar-refractivity contribution in [2.24, 2.45) is 7.05 Å². The smallest absolute Gasteiger partial charge is 0.170 e. The lowest BCUT2D eigenvalue weighted by molar-refractivity contribution is 0.112. The highest BCUT2D eigenvalue weighted by atomic mass is 79.9. The maximum atomic E-state index is 11.2. The van der Waals surface area contributed by atoms with Gasteiger partial charge in [-0.1, -0.05) is 6.07 Å². The second-order valence-corrected chi connectivity index (χ2v) is 4.59. The molecule has 0 aliphatic heterocycles. The number of hydrogen-bond acceptors (Lipinski definition) is 4. The van der Waals surface area contributed by atoms with E-state index in [-0.39, 0.29) is 0 Å². The van der Waals surface area contributed by atoms with Crippen molar-refractivity contribution in [2.45, 2.75) is 0 Å². The molecule has 0 radical (unpaired) electrons. The fourth-order valence-corrected chi connectivity index (χ4v) is 2.26. The molecule has 0 atom stereocenters. The van der Waals surface area contributed by atoms with Crippen LogP contribution in [0.2, 0.25) is 0 Å². The third-order valence-corrected chi connectivity index (χ3v) is 3.73. The van der Waals surface area contributed by atoms with Crippen LogP contribution >= 0.6 is 15.9 Å². The van der Waals surface area contributed by atoms with Gasteiger partial charge in [0.05, 0.1) is 19.8 Å². The predicted molar refractivity (Wildman–Crippen MR) is 74.8 cm³/mol. The first-order valence-corrected chi connectivity index (χ1v) is 6.32. The Labute approximate surface area is 119 Å². The van der Waals surface area contributed by atoms with Gasteiger partial charge in [-0.3, -0.25) is 9.48 Å². The van der Waals surface area contributed by atoms with Gasteiger partial charge in [0, 0.05) is 12.6 Å². The summed E-state index contributed by atoms with van der Waals surface area (Å²) in [7, 11) is 4.88. The predicted octanol–water partition coefficient (Wildman–Crippen LogP) is 2.68. The van der Waals surface area contributed by atoms with Crippen LogP contribution in [0.4, 0.5) is 0 Å². The van der Waals surface area contributed by atoms with Crippen LogP contribution in [0.5, 0.6) is 11.5 Å². The van der Waals surface area contributed by atoms with Gasteiger partial charge in [-0.05, 0) is 28.1 Å². The highest BCUT2D eigenvalue weighted by Crippen LogP contribution is 2.39. The summed E-state index contributed by atoms with van der Waals surface area (Å²) in [4.78, 5) is 11.2. The van der Waals surface area contributed by atoms with E-state index in [2.05, 4.69) is 21.0 Å². The number of halogens is 1. The molecule has 0 aliphatic carbocycles. The van der Waals surface area contributed by atoms with Gasteiger partial charge in [-0.25, -0.2) is 0 Å². The summed E-state index contributed by atoms with van der Waals surface area (Å²) in [5.41, 5.74) is 1.75. The molecule has 0 unspecified atom stereocenters. The Bertz CT molecular complexity index is 623. The van der Waals surface area contributed by atoms with Gasteiger partial charge >= 0.3 is 0 Å². The summed E-state index contributed by atoms with van der Waals surface area (Å²) in [6, 6.07) is 5.46. The first-order chi connectivity index (χ1) is 9.13. The van der Waals surface area contributed by atoms with E-state index in [0.717, 1.165) is 6.29 Å². The van der Waals surface area contributed by atoms with E-state index >= 15 is 0 Å². The zero-order valence-corrected chi connectivity index (χ0v) is 12.4. The van der Waals surface area contributed by atoms with Gasteiger partial charge in [0.25, 0.3) is 0 Å². The Morgan fingerprint density at radius 1 is 1.32 bits per heavy atom. The van der Waals surface area contributed by atoms with E-state index < -0.39 is 0 Å². The molecule has 0 amide bonds. The maximum Gasteiger partial charge on any atom is 0.170 e. The van der Waals surface area contributed by atoms with E-state index in [1.54, 1.807) is 32.0 Å². The zero-order valence-electron chi connectivity index (χ0n) is 10.8. The van der Waals surface area contributed by atoms with Crippen molar-refractivity contribution in [3.05, 3.63) is 28.4 Å². The first kappa shape index (κ1) is 13.6. The van der Waals surface area contributed by atoms with Gasteiger partial charge in [-0.2, -0.15) is 5.10 Å². The van der Waals surface area contributed by atoms with Crippen LogP contribution in [-0.2, 0) is 7.05 Å². The number of aldehydes is 1. The van der Waals surface area contributed by atoms with E-state index in [4.69, 9.17) is 9.47 Å². The molecule has 1 heterocycles. The average molecular weight is 325 g/mol. The molecule has 0 spiro atoms. The van der Waals surface area contributed by atoms with Crippen LogP contribution in [0.1, 0.15) is 10.4 Å². The Morgan fingerprint density at radius 3 is 2.63 bits per heavy atom. The van der Waals surface area contributed by atoms with Crippen molar-refractivity contribution in [3.8, 4) is 22.8 Å². The molecule has 1 aromatic heterocycles. The Hall–Kier alpha value is -1.82. The molecule has 5 nitrogen and oxygen atoms in total. The van der Waals surface area contributed by atoms with E-state index in [1.807, 2.05) is 12.1 Å². The van der Waals surface area contributed by atoms with E-state index in [1.165, 1.54) is 0 Å². The number of para-hydroxylation sites is 1. The first-order valence-electron chi connectivity index (χ1n) is 5.53. The molecule has 1 aromatic carbocycles. The number of carbonyl (C=O) groups is 1. The molecule has 2 aromatic rings. The standard InChI is InChI=1S/C13H13BrN2O3/c1-16-13(14)9(7-17)11(15-16)8-5-4-6-10(18-2)12(8)19-3/h4-7H,1-3H3. The summed E-state index contributed by atoms with van der Waals surface area (Å²) >= 11 is 3.34. The van der Waals surface area contributed by atoms with Gasteiger partial charge in [0.15, 0.2) is 17.8 Å². The molecule has 0 N–H and O–H groups in total. The van der Waals surface area contributed by atoms with Gasteiger partial charge in [0.1, 0.15) is 10.3 Å². The third-order valence-electron chi connectivity index (χ3n) is 2.79. The number of benzene rings is 1. The minimum atomic E-state index is 0.481. The van der Waals surface area contributed by atoms with Crippen LogP contribution < -0.4 is 9.47 Å². The van der Waals surface area contributed by atoms with Crippen molar-refractivity contribution in [1.82, 2.24) is 9.78 Å². The minimum Gasteiger partial charge on any atom is -0.493 e. The highest BCUT2D eigenvalue weighted by molar-refractivity contribution is 9.10. The molecule has 19 heavy (non-hydrogen) atoms. The van der Waals surface area contributed by atoms with Crippen LogP contribution in [0, 0.1) is 0 Å². The van der Waals surface area contributed by atoms with Gasteiger partial charge in [-0.15, -0.1) is 0 Å². The molecule has 2 rings (SSSR count). The highest BCUT2D eigenvalue weighted by Gasteiger charge is 2.20. The largest absolute Gasteiger partial charge is 0.493 e. The van der Waals surface area contributed by atoms with Crippen molar-refractivity contribution < 1.29 is 14.3 Å². The molecule has 0 saturated heterocycles. The number of nitrogens with zero attached hydrogens (tertiary/aromatic N) is 2. The van der Waals surface area contributed by atoms with Crippen molar-refractivity contribution >= 4 is 22.2 Å². The number of aromatic nitrogens is 2. The molecule has 0 fully saturated rings. The fourth-order valence-electron chi connectivity index (χ4n) is 1.90. The normalized spacial score (nSPS) is 10.3. The fraction of sp³-hybridized carbons (Fsp3) is 0.231. The van der Waals surface area contributed by atoms with Gasteiger partial charge in [0.2, 0.25) is 0 Å². The monoisotopic (exact) mass is 324 g/mol. The molecular weight excluding hydrogens is 312 g/mol. The minimum absolute atomic E-state index is 0.481. The van der Waals surface area contributed by atoms with Crippen molar-refractivity contribution in [2.75, 3.05) is 14.2 Å². The lowest BCUT2D eigenvalue weighted by Gasteiger charge is -2.11. The molecular formula is C13H13BrN2O3. The Balaban J connectivity index is 2.72. The molecule has 0 aliphatic rings. The van der Waals surface area contributed by atoms with Crippen LogP contribution in [-0.4, -0.2) is 30.3 Å². The maximum absolute atomic E-state index is 11.2.